The average Bonchev–Trinajstić information content (AvgIpc) is 2.69. The zero-order valence-electron chi connectivity index (χ0n) is 12.2. The third-order valence-electron chi connectivity index (χ3n) is 3.75. The van der Waals surface area contributed by atoms with Gasteiger partial charge < -0.3 is 19.9 Å². The Morgan fingerprint density at radius 2 is 1.80 bits per heavy atom. The highest BCUT2D eigenvalue weighted by Gasteiger charge is 2.20. The highest BCUT2D eigenvalue weighted by Crippen LogP contribution is 2.25. The lowest BCUT2D eigenvalue weighted by molar-refractivity contribution is 0.0149. The van der Waals surface area contributed by atoms with Crippen molar-refractivity contribution in [3.63, 3.8) is 0 Å². The fourth-order valence-electron chi connectivity index (χ4n) is 2.60. The molecule has 0 saturated heterocycles. The molecular formula is C16H25NO3. The molecule has 0 spiro atoms. The van der Waals surface area contributed by atoms with Crippen LogP contribution in [-0.4, -0.2) is 32.5 Å². The van der Waals surface area contributed by atoms with Crippen molar-refractivity contribution in [2.75, 3.05) is 20.3 Å². The molecule has 2 rings (SSSR count). The van der Waals surface area contributed by atoms with Gasteiger partial charge in [-0.1, -0.05) is 31.4 Å². The van der Waals surface area contributed by atoms with E-state index in [-0.39, 0.29) is 12.1 Å². The largest absolute Gasteiger partial charge is 0.493 e. The number of hydrogen-bond acceptors (Lipinski definition) is 4. The van der Waals surface area contributed by atoms with Crippen molar-refractivity contribution in [3.8, 4) is 11.5 Å². The van der Waals surface area contributed by atoms with Gasteiger partial charge in [0.05, 0.1) is 19.8 Å². The molecule has 1 fully saturated rings. The van der Waals surface area contributed by atoms with Crippen molar-refractivity contribution < 1.29 is 14.2 Å². The van der Waals surface area contributed by atoms with Gasteiger partial charge >= 0.3 is 0 Å². The minimum Gasteiger partial charge on any atom is -0.493 e. The molecule has 2 N–H and O–H groups in total. The highest BCUT2D eigenvalue weighted by molar-refractivity contribution is 5.39. The van der Waals surface area contributed by atoms with Gasteiger partial charge in [0.2, 0.25) is 0 Å². The van der Waals surface area contributed by atoms with Crippen LogP contribution in [0.15, 0.2) is 24.3 Å². The summed E-state index contributed by atoms with van der Waals surface area (Å²) in [6, 6.07) is 7.81. The molecule has 0 heterocycles. The second kappa shape index (κ2) is 8.12. The lowest BCUT2D eigenvalue weighted by Crippen LogP contribution is -2.36. The minimum absolute atomic E-state index is 0.170. The molecule has 0 radical (unpaired) electrons. The summed E-state index contributed by atoms with van der Waals surface area (Å²) in [4.78, 5) is 0. The highest BCUT2D eigenvalue weighted by atomic mass is 16.5. The van der Waals surface area contributed by atoms with Crippen LogP contribution in [0.1, 0.15) is 32.1 Å². The second-order valence-corrected chi connectivity index (χ2v) is 5.21. The van der Waals surface area contributed by atoms with E-state index >= 15 is 0 Å². The summed E-state index contributed by atoms with van der Waals surface area (Å²) in [7, 11) is 1.64. The molecule has 0 bridgehead atoms. The van der Waals surface area contributed by atoms with Crippen LogP contribution >= 0.6 is 0 Å². The van der Waals surface area contributed by atoms with Crippen molar-refractivity contribution in [2.24, 2.45) is 5.73 Å². The van der Waals surface area contributed by atoms with Gasteiger partial charge in [-0.15, -0.1) is 0 Å². The Morgan fingerprint density at radius 3 is 2.60 bits per heavy atom. The first-order valence-corrected chi connectivity index (χ1v) is 7.44. The fourth-order valence-corrected chi connectivity index (χ4v) is 2.60. The molecule has 1 aliphatic carbocycles. The van der Waals surface area contributed by atoms with Gasteiger partial charge in [0.25, 0.3) is 0 Å². The summed E-state index contributed by atoms with van der Waals surface area (Å²) in [5, 5.41) is 0. The number of hydrogen-bond donors (Lipinski definition) is 1. The molecule has 1 aromatic carbocycles. The molecule has 2 atom stereocenters. The second-order valence-electron chi connectivity index (χ2n) is 5.21. The Hall–Kier alpha value is -1.26. The number of benzene rings is 1. The Morgan fingerprint density at radius 1 is 1.05 bits per heavy atom. The first-order chi connectivity index (χ1) is 9.81. The summed E-state index contributed by atoms with van der Waals surface area (Å²) >= 11 is 0. The Labute approximate surface area is 121 Å². The molecule has 0 aliphatic heterocycles. The van der Waals surface area contributed by atoms with Crippen LogP contribution in [-0.2, 0) is 4.74 Å². The van der Waals surface area contributed by atoms with Crippen LogP contribution in [0.2, 0.25) is 0 Å². The summed E-state index contributed by atoms with van der Waals surface area (Å²) in [6.07, 6.45) is 6.02. The van der Waals surface area contributed by atoms with Gasteiger partial charge in [0.15, 0.2) is 11.5 Å². The lowest BCUT2D eigenvalue weighted by atomic mass is 10.1. The first kappa shape index (κ1) is 15.1. The maximum atomic E-state index is 6.13. The van der Waals surface area contributed by atoms with E-state index in [1.54, 1.807) is 7.11 Å². The SMILES string of the molecule is COc1ccccc1OCCOC1CCCCCC1N. The zero-order valence-corrected chi connectivity index (χ0v) is 12.2. The standard InChI is InChI=1S/C16H25NO3/c1-18-15-9-5-6-10-16(15)20-12-11-19-14-8-4-2-3-7-13(14)17/h5-6,9-10,13-14H,2-4,7-8,11-12,17H2,1H3. The van der Waals surface area contributed by atoms with E-state index in [9.17, 15) is 0 Å². The molecule has 0 amide bonds. The summed E-state index contributed by atoms with van der Waals surface area (Å²) < 4.78 is 16.8. The smallest absolute Gasteiger partial charge is 0.161 e. The van der Waals surface area contributed by atoms with Crippen LogP contribution in [0.4, 0.5) is 0 Å². The van der Waals surface area contributed by atoms with Crippen molar-refractivity contribution >= 4 is 0 Å². The Kier molecular flexibility index (Phi) is 6.15. The van der Waals surface area contributed by atoms with E-state index in [0.717, 1.165) is 24.3 Å². The fraction of sp³-hybridized carbons (Fsp3) is 0.625. The van der Waals surface area contributed by atoms with E-state index in [2.05, 4.69) is 0 Å². The van der Waals surface area contributed by atoms with E-state index in [1.165, 1.54) is 19.3 Å². The molecule has 20 heavy (non-hydrogen) atoms. The minimum atomic E-state index is 0.170. The summed E-state index contributed by atoms with van der Waals surface area (Å²) in [5.74, 6) is 1.50. The van der Waals surface area contributed by atoms with Crippen LogP contribution in [0.25, 0.3) is 0 Å². The quantitative estimate of drug-likeness (QED) is 0.642. The molecule has 4 heteroatoms. The number of methoxy groups -OCH3 is 1. The molecular weight excluding hydrogens is 254 g/mol. The predicted octanol–water partition coefficient (Wildman–Crippen LogP) is 2.75. The van der Waals surface area contributed by atoms with Gasteiger partial charge in [-0.05, 0) is 25.0 Å². The van der Waals surface area contributed by atoms with Crippen molar-refractivity contribution in [1.29, 1.82) is 0 Å². The van der Waals surface area contributed by atoms with Gasteiger partial charge in [0.1, 0.15) is 6.61 Å². The number of nitrogens with two attached hydrogens (primary N) is 1. The normalized spacial score (nSPS) is 23.1. The van der Waals surface area contributed by atoms with Gasteiger partial charge in [0, 0.05) is 6.04 Å². The van der Waals surface area contributed by atoms with E-state index in [1.807, 2.05) is 24.3 Å². The maximum Gasteiger partial charge on any atom is 0.161 e. The maximum absolute atomic E-state index is 6.13. The average molecular weight is 279 g/mol. The lowest BCUT2D eigenvalue weighted by Gasteiger charge is -2.22. The molecule has 4 nitrogen and oxygen atoms in total. The molecule has 112 valence electrons. The monoisotopic (exact) mass is 279 g/mol. The molecule has 1 aromatic rings. The first-order valence-electron chi connectivity index (χ1n) is 7.44. The van der Waals surface area contributed by atoms with Gasteiger partial charge in [-0.2, -0.15) is 0 Å². The summed E-state index contributed by atoms with van der Waals surface area (Å²) in [5.41, 5.74) is 6.13. The Balaban J connectivity index is 1.73. The summed E-state index contributed by atoms with van der Waals surface area (Å²) in [6.45, 7) is 1.08. The predicted molar refractivity (Wildman–Crippen MR) is 79.3 cm³/mol. The van der Waals surface area contributed by atoms with Crippen LogP contribution < -0.4 is 15.2 Å². The van der Waals surface area contributed by atoms with E-state index in [4.69, 9.17) is 19.9 Å². The number of para-hydroxylation sites is 2. The third kappa shape index (κ3) is 4.39. The van der Waals surface area contributed by atoms with E-state index in [0.29, 0.717) is 13.2 Å². The van der Waals surface area contributed by atoms with Gasteiger partial charge in [-0.25, -0.2) is 0 Å². The van der Waals surface area contributed by atoms with Crippen LogP contribution in [0.5, 0.6) is 11.5 Å². The third-order valence-corrected chi connectivity index (χ3v) is 3.75. The zero-order chi connectivity index (χ0) is 14.2. The molecule has 1 aliphatic rings. The van der Waals surface area contributed by atoms with Gasteiger partial charge in [-0.3, -0.25) is 0 Å². The molecule has 2 unspecified atom stereocenters. The number of rotatable bonds is 6. The molecule has 0 aromatic heterocycles. The van der Waals surface area contributed by atoms with Crippen molar-refractivity contribution in [1.82, 2.24) is 0 Å². The van der Waals surface area contributed by atoms with Crippen LogP contribution in [0, 0.1) is 0 Å². The van der Waals surface area contributed by atoms with Crippen LogP contribution in [0.3, 0.4) is 0 Å². The van der Waals surface area contributed by atoms with Crippen molar-refractivity contribution in [3.05, 3.63) is 24.3 Å². The molecule has 1 saturated carbocycles. The number of ether oxygens (including phenoxy) is 3. The van der Waals surface area contributed by atoms with E-state index < -0.39 is 0 Å². The Bertz CT molecular complexity index is 397. The van der Waals surface area contributed by atoms with Crippen molar-refractivity contribution in [2.45, 2.75) is 44.2 Å². The topological polar surface area (TPSA) is 53.7 Å².